The summed E-state index contributed by atoms with van der Waals surface area (Å²) in [6.07, 6.45) is 2.91. The molecule has 0 aliphatic carbocycles. The number of rotatable bonds is 3. The maximum absolute atomic E-state index is 12.1. The Kier molecular flexibility index (Phi) is 3.69. The van der Waals surface area contributed by atoms with E-state index in [1.165, 1.54) is 12.5 Å². The number of hydrogen-bond donors (Lipinski definition) is 1. The smallest absolute Gasteiger partial charge is 0.280 e. The van der Waals surface area contributed by atoms with E-state index in [2.05, 4.69) is 25.6 Å². The second-order valence-electron chi connectivity index (χ2n) is 4.41. The van der Waals surface area contributed by atoms with Gasteiger partial charge in [0.15, 0.2) is 5.03 Å². The fraction of sp³-hybridized carbons (Fsp3) is 0.250. The van der Waals surface area contributed by atoms with Crippen LogP contribution in [0.1, 0.15) is 11.1 Å². The van der Waals surface area contributed by atoms with Crippen LogP contribution in [0.3, 0.4) is 0 Å². The Bertz CT molecular complexity index is 699. The number of benzene rings is 1. The van der Waals surface area contributed by atoms with Crippen molar-refractivity contribution in [1.82, 2.24) is 9.55 Å². The quantitative estimate of drug-likeness (QED) is 0.931. The molecule has 19 heavy (non-hydrogen) atoms. The third-order valence-electron chi connectivity index (χ3n) is 2.65. The number of aryl methyl sites for hydroxylation is 3. The van der Waals surface area contributed by atoms with Crippen LogP contribution in [0.15, 0.2) is 34.2 Å². The largest absolute Gasteiger partial charge is 0.339 e. The fourth-order valence-electron chi connectivity index (χ4n) is 1.74. The monoisotopic (exact) mass is 343 g/mol. The van der Waals surface area contributed by atoms with E-state index in [1.807, 2.05) is 13.8 Å². The molecule has 2 rings (SSSR count). The van der Waals surface area contributed by atoms with Crippen LogP contribution < -0.4 is 4.72 Å². The van der Waals surface area contributed by atoms with Gasteiger partial charge in [-0.25, -0.2) is 4.98 Å². The SMILES string of the molecule is Cc1cc(NS(=O)(=O)c2cn(C)cn2)cc(C)c1Br. The Morgan fingerprint density at radius 1 is 1.26 bits per heavy atom. The first-order valence-electron chi connectivity index (χ1n) is 5.57. The lowest BCUT2D eigenvalue weighted by atomic mass is 10.1. The molecule has 0 radical (unpaired) electrons. The summed E-state index contributed by atoms with van der Waals surface area (Å²) in [6, 6.07) is 3.55. The molecule has 5 nitrogen and oxygen atoms in total. The van der Waals surface area contributed by atoms with Gasteiger partial charge in [-0.2, -0.15) is 8.42 Å². The van der Waals surface area contributed by atoms with E-state index in [4.69, 9.17) is 0 Å². The second-order valence-corrected chi connectivity index (χ2v) is 6.83. The van der Waals surface area contributed by atoms with Gasteiger partial charge in [-0.05, 0) is 37.1 Å². The maximum Gasteiger partial charge on any atom is 0.280 e. The highest BCUT2D eigenvalue weighted by molar-refractivity contribution is 9.10. The van der Waals surface area contributed by atoms with E-state index in [1.54, 1.807) is 23.7 Å². The van der Waals surface area contributed by atoms with Crippen LogP contribution in [-0.4, -0.2) is 18.0 Å². The molecule has 0 aliphatic rings. The molecule has 1 N–H and O–H groups in total. The van der Waals surface area contributed by atoms with Crippen LogP contribution in [-0.2, 0) is 17.1 Å². The highest BCUT2D eigenvalue weighted by atomic mass is 79.9. The lowest BCUT2D eigenvalue weighted by Gasteiger charge is -2.10. The molecule has 1 aromatic heterocycles. The molecular formula is C12H14BrN3O2S. The van der Waals surface area contributed by atoms with Gasteiger partial charge in [0.25, 0.3) is 10.0 Å². The van der Waals surface area contributed by atoms with Crippen molar-refractivity contribution < 1.29 is 8.42 Å². The standard InChI is InChI=1S/C12H14BrN3O2S/c1-8-4-10(5-9(2)12(8)13)15-19(17,18)11-6-16(3)7-14-11/h4-7,15H,1-3H3. The Labute approximate surface area is 120 Å². The molecule has 0 amide bonds. The zero-order valence-electron chi connectivity index (χ0n) is 10.8. The average Bonchev–Trinajstić information content (AvgIpc) is 2.73. The molecule has 7 heteroatoms. The minimum absolute atomic E-state index is 0.00762. The zero-order chi connectivity index (χ0) is 14.2. The van der Waals surface area contributed by atoms with Crippen LogP contribution >= 0.6 is 15.9 Å². The number of imidazole rings is 1. The average molecular weight is 344 g/mol. The zero-order valence-corrected chi connectivity index (χ0v) is 13.2. The van der Waals surface area contributed by atoms with Gasteiger partial charge in [-0.1, -0.05) is 15.9 Å². The van der Waals surface area contributed by atoms with Gasteiger partial charge in [0.1, 0.15) is 0 Å². The molecule has 0 saturated heterocycles. The highest BCUT2D eigenvalue weighted by Gasteiger charge is 2.17. The number of nitrogens with zero attached hydrogens (tertiary/aromatic N) is 2. The molecule has 0 unspecified atom stereocenters. The number of hydrogen-bond acceptors (Lipinski definition) is 3. The maximum atomic E-state index is 12.1. The Balaban J connectivity index is 2.36. The van der Waals surface area contributed by atoms with E-state index < -0.39 is 10.0 Å². The van der Waals surface area contributed by atoms with E-state index in [0.717, 1.165) is 15.6 Å². The summed E-state index contributed by atoms with van der Waals surface area (Å²) < 4.78 is 29.3. The highest BCUT2D eigenvalue weighted by Crippen LogP contribution is 2.26. The summed E-state index contributed by atoms with van der Waals surface area (Å²) in [4.78, 5) is 3.85. The molecule has 1 aromatic carbocycles. The van der Waals surface area contributed by atoms with Crippen LogP contribution in [0.5, 0.6) is 0 Å². The van der Waals surface area contributed by atoms with Crippen molar-refractivity contribution in [2.75, 3.05) is 4.72 Å². The van der Waals surface area contributed by atoms with Gasteiger partial charge < -0.3 is 4.57 Å². The first-order chi connectivity index (χ1) is 8.79. The first-order valence-corrected chi connectivity index (χ1v) is 7.85. The van der Waals surface area contributed by atoms with Gasteiger partial charge in [0, 0.05) is 23.4 Å². The Morgan fingerprint density at radius 2 is 1.84 bits per heavy atom. The molecule has 0 saturated carbocycles. The molecule has 102 valence electrons. The summed E-state index contributed by atoms with van der Waals surface area (Å²) >= 11 is 3.45. The predicted octanol–water partition coefficient (Wildman–Crippen LogP) is 2.60. The van der Waals surface area contributed by atoms with Crippen molar-refractivity contribution in [3.8, 4) is 0 Å². The van der Waals surface area contributed by atoms with E-state index >= 15 is 0 Å². The van der Waals surface area contributed by atoms with Crippen LogP contribution in [0.2, 0.25) is 0 Å². The minimum Gasteiger partial charge on any atom is -0.339 e. The van der Waals surface area contributed by atoms with Crippen molar-refractivity contribution in [3.63, 3.8) is 0 Å². The molecule has 0 aliphatic heterocycles. The summed E-state index contributed by atoms with van der Waals surface area (Å²) in [6.45, 7) is 3.82. The van der Waals surface area contributed by atoms with E-state index in [-0.39, 0.29) is 5.03 Å². The van der Waals surface area contributed by atoms with Crippen molar-refractivity contribution in [2.45, 2.75) is 18.9 Å². The molecule has 0 spiro atoms. The number of halogens is 1. The minimum atomic E-state index is -3.64. The fourth-order valence-corrected chi connectivity index (χ4v) is 2.99. The normalized spacial score (nSPS) is 11.6. The van der Waals surface area contributed by atoms with E-state index in [0.29, 0.717) is 5.69 Å². The number of nitrogens with one attached hydrogen (secondary N) is 1. The van der Waals surface area contributed by atoms with Crippen LogP contribution in [0.4, 0.5) is 5.69 Å². The molecule has 0 atom stereocenters. The molecule has 0 bridgehead atoms. The van der Waals surface area contributed by atoms with Crippen LogP contribution in [0, 0.1) is 13.8 Å². The summed E-state index contributed by atoms with van der Waals surface area (Å²) in [5, 5.41) is 0.00762. The Morgan fingerprint density at radius 3 is 2.32 bits per heavy atom. The van der Waals surface area contributed by atoms with Crippen molar-refractivity contribution >= 4 is 31.6 Å². The second kappa shape index (κ2) is 4.97. The third-order valence-corrected chi connectivity index (χ3v) is 5.16. The topological polar surface area (TPSA) is 64.0 Å². The van der Waals surface area contributed by atoms with Gasteiger partial charge >= 0.3 is 0 Å². The van der Waals surface area contributed by atoms with Gasteiger partial charge in [0.05, 0.1) is 6.33 Å². The first kappa shape index (κ1) is 14.1. The number of anilines is 1. The molecule has 0 fully saturated rings. The van der Waals surface area contributed by atoms with Crippen molar-refractivity contribution in [3.05, 3.63) is 40.3 Å². The number of sulfonamides is 1. The van der Waals surface area contributed by atoms with Gasteiger partial charge in [-0.3, -0.25) is 4.72 Å². The third kappa shape index (κ3) is 2.98. The Hall–Kier alpha value is -1.34. The van der Waals surface area contributed by atoms with Gasteiger partial charge in [-0.15, -0.1) is 0 Å². The molecule has 2 aromatic rings. The summed E-state index contributed by atoms with van der Waals surface area (Å²) in [5.74, 6) is 0. The lowest BCUT2D eigenvalue weighted by Crippen LogP contribution is -2.13. The lowest BCUT2D eigenvalue weighted by molar-refractivity contribution is 0.598. The number of aromatic nitrogens is 2. The van der Waals surface area contributed by atoms with Gasteiger partial charge in [0.2, 0.25) is 0 Å². The molecule has 1 heterocycles. The predicted molar refractivity (Wildman–Crippen MR) is 77.6 cm³/mol. The van der Waals surface area contributed by atoms with E-state index in [9.17, 15) is 8.42 Å². The van der Waals surface area contributed by atoms with Crippen LogP contribution in [0.25, 0.3) is 0 Å². The van der Waals surface area contributed by atoms with Crippen molar-refractivity contribution in [1.29, 1.82) is 0 Å². The molecular weight excluding hydrogens is 330 g/mol. The van der Waals surface area contributed by atoms with Crippen molar-refractivity contribution in [2.24, 2.45) is 7.05 Å². The summed E-state index contributed by atoms with van der Waals surface area (Å²) in [7, 11) is -1.91. The summed E-state index contributed by atoms with van der Waals surface area (Å²) in [5.41, 5.74) is 2.47.